The highest BCUT2D eigenvalue weighted by Crippen LogP contribution is 2.27. The van der Waals surface area contributed by atoms with Crippen molar-refractivity contribution in [2.45, 2.75) is 39.2 Å². The highest BCUT2D eigenvalue weighted by Gasteiger charge is 2.25. The highest BCUT2D eigenvalue weighted by molar-refractivity contribution is 5.95. The van der Waals surface area contributed by atoms with E-state index in [1.807, 2.05) is 30.3 Å². The quantitative estimate of drug-likeness (QED) is 0.343. The van der Waals surface area contributed by atoms with E-state index in [4.69, 9.17) is 10.8 Å². The first-order chi connectivity index (χ1) is 18.8. The number of benzene rings is 2. The number of carboxylic acids is 1. The number of piperidine rings is 1. The van der Waals surface area contributed by atoms with Gasteiger partial charge in [-0.2, -0.15) is 0 Å². The Morgan fingerprint density at radius 2 is 1.90 bits per heavy atom. The number of hydrogen-bond donors (Lipinski definition) is 5. The molecule has 2 aromatic carbocycles. The molecule has 2 aliphatic heterocycles. The van der Waals surface area contributed by atoms with Crippen LogP contribution in [0.15, 0.2) is 53.5 Å². The molecule has 1 fully saturated rings. The summed E-state index contributed by atoms with van der Waals surface area (Å²) in [5.74, 6) is -0.154. The number of amides is 2. The molecule has 0 aromatic heterocycles. The lowest BCUT2D eigenvalue weighted by Crippen LogP contribution is -2.41. The van der Waals surface area contributed by atoms with Crippen molar-refractivity contribution < 1.29 is 24.2 Å². The Hall–Kier alpha value is -4.28. The van der Waals surface area contributed by atoms with E-state index in [0.29, 0.717) is 0 Å². The maximum atomic E-state index is 12.2. The SMILES string of the molecule is Cc1ccc(N2CCC(C(=O)NCCC(=O)O)CC2)cc1NC1=NCCCN1.NC(=O)OCc1ccccc1. The van der Waals surface area contributed by atoms with Crippen LogP contribution in [0.2, 0.25) is 0 Å². The lowest BCUT2D eigenvalue weighted by atomic mass is 9.95. The van der Waals surface area contributed by atoms with Gasteiger partial charge in [-0.3, -0.25) is 14.6 Å². The normalized spacial score (nSPS) is 15.1. The van der Waals surface area contributed by atoms with E-state index < -0.39 is 12.1 Å². The van der Waals surface area contributed by atoms with Crippen molar-refractivity contribution in [3.05, 3.63) is 59.7 Å². The standard InChI is InChI=1S/C20H29N5O3.C8H9NO2/c1-14-3-4-16(13-17(14)24-20-22-8-2-9-23-20)25-11-6-15(7-12-25)19(28)21-10-5-18(26)27;9-8(10)11-6-7-4-2-1-3-5-7/h3-4,13,15H,2,5-12H2,1H3,(H,21,28)(H,26,27)(H2,22,23,24);1-5H,6H2,(H2,9,10). The number of hydrogen-bond acceptors (Lipinski definition) is 8. The molecule has 210 valence electrons. The number of carbonyl (C=O) groups excluding carboxylic acids is 2. The number of carboxylic acid groups (broad SMARTS) is 1. The molecule has 4 rings (SSSR count). The Kier molecular flexibility index (Phi) is 11.4. The predicted octanol–water partition coefficient (Wildman–Crippen LogP) is 2.85. The molecule has 2 aromatic rings. The number of aliphatic carboxylic acids is 1. The summed E-state index contributed by atoms with van der Waals surface area (Å²) in [6.45, 7) is 5.90. The van der Waals surface area contributed by atoms with Crippen LogP contribution in [-0.2, 0) is 20.9 Å². The number of ether oxygens (including phenoxy) is 1. The van der Waals surface area contributed by atoms with Crippen LogP contribution in [-0.4, -0.2) is 61.8 Å². The average molecular weight is 539 g/mol. The van der Waals surface area contributed by atoms with Crippen LogP contribution in [0.5, 0.6) is 0 Å². The Bertz CT molecular complexity index is 1130. The number of carbonyl (C=O) groups is 3. The number of aliphatic imine (C=N–C) groups is 1. The zero-order valence-corrected chi connectivity index (χ0v) is 22.3. The van der Waals surface area contributed by atoms with Crippen molar-refractivity contribution in [3.63, 3.8) is 0 Å². The second-order valence-corrected chi connectivity index (χ2v) is 9.42. The molecule has 2 amide bonds. The van der Waals surface area contributed by atoms with Crippen molar-refractivity contribution in [1.29, 1.82) is 0 Å². The van der Waals surface area contributed by atoms with E-state index in [2.05, 4.69) is 55.7 Å². The molecule has 0 spiro atoms. The molecule has 0 unspecified atom stereocenters. The number of primary amides is 1. The van der Waals surface area contributed by atoms with Gasteiger partial charge < -0.3 is 36.4 Å². The summed E-state index contributed by atoms with van der Waals surface area (Å²) in [5, 5.41) is 18.1. The monoisotopic (exact) mass is 538 g/mol. The Morgan fingerprint density at radius 1 is 1.15 bits per heavy atom. The van der Waals surface area contributed by atoms with Crippen LogP contribution in [0.3, 0.4) is 0 Å². The maximum absolute atomic E-state index is 12.2. The zero-order chi connectivity index (χ0) is 28.0. The summed E-state index contributed by atoms with van der Waals surface area (Å²) >= 11 is 0. The first-order valence-electron chi connectivity index (χ1n) is 13.2. The van der Waals surface area contributed by atoms with Gasteiger partial charge in [-0.05, 0) is 49.4 Å². The molecule has 6 N–H and O–H groups in total. The molecule has 39 heavy (non-hydrogen) atoms. The summed E-state index contributed by atoms with van der Waals surface area (Å²) in [6.07, 6.45) is 1.81. The molecule has 11 heteroatoms. The smallest absolute Gasteiger partial charge is 0.404 e. The number of aryl methyl sites for hydroxylation is 1. The average Bonchev–Trinajstić information content (AvgIpc) is 2.94. The Labute approximate surface area is 228 Å². The van der Waals surface area contributed by atoms with Crippen molar-refractivity contribution >= 4 is 35.3 Å². The van der Waals surface area contributed by atoms with Gasteiger partial charge in [0.05, 0.1) is 6.42 Å². The van der Waals surface area contributed by atoms with Gasteiger partial charge in [-0.1, -0.05) is 36.4 Å². The van der Waals surface area contributed by atoms with E-state index in [0.717, 1.165) is 73.9 Å². The first kappa shape index (κ1) is 29.3. The molecule has 2 heterocycles. The van der Waals surface area contributed by atoms with Crippen molar-refractivity contribution in [2.24, 2.45) is 16.6 Å². The molecule has 1 saturated heterocycles. The molecule has 0 radical (unpaired) electrons. The lowest BCUT2D eigenvalue weighted by molar-refractivity contribution is -0.137. The van der Waals surface area contributed by atoms with Gasteiger partial charge >= 0.3 is 12.1 Å². The van der Waals surface area contributed by atoms with Gasteiger partial charge in [0.1, 0.15) is 6.61 Å². The first-order valence-corrected chi connectivity index (χ1v) is 13.2. The third kappa shape index (κ3) is 10.2. The Morgan fingerprint density at radius 3 is 2.54 bits per heavy atom. The number of anilines is 2. The number of nitrogens with two attached hydrogens (primary N) is 1. The van der Waals surface area contributed by atoms with E-state index in [-0.39, 0.29) is 31.4 Å². The third-order valence-electron chi connectivity index (χ3n) is 6.46. The van der Waals surface area contributed by atoms with Crippen LogP contribution in [0.25, 0.3) is 0 Å². The molecule has 11 nitrogen and oxygen atoms in total. The fourth-order valence-electron chi connectivity index (χ4n) is 4.25. The molecular formula is C28H38N6O5. The van der Waals surface area contributed by atoms with Gasteiger partial charge in [-0.25, -0.2) is 4.79 Å². The Balaban J connectivity index is 0.000000320. The van der Waals surface area contributed by atoms with Crippen LogP contribution in [0, 0.1) is 12.8 Å². The van der Waals surface area contributed by atoms with E-state index >= 15 is 0 Å². The van der Waals surface area contributed by atoms with Crippen LogP contribution < -0.4 is 26.6 Å². The van der Waals surface area contributed by atoms with Crippen molar-refractivity contribution in [2.75, 3.05) is 42.9 Å². The third-order valence-corrected chi connectivity index (χ3v) is 6.46. The number of nitrogens with one attached hydrogen (secondary N) is 3. The van der Waals surface area contributed by atoms with E-state index in [1.165, 1.54) is 0 Å². The van der Waals surface area contributed by atoms with Gasteiger partial charge in [0, 0.05) is 50.0 Å². The molecular weight excluding hydrogens is 500 g/mol. The number of rotatable bonds is 8. The van der Waals surface area contributed by atoms with Crippen molar-refractivity contribution in [3.8, 4) is 0 Å². The molecule has 0 saturated carbocycles. The summed E-state index contributed by atoms with van der Waals surface area (Å²) < 4.78 is 4.57. The minimum Gasteiger partial charge on any atom is -0.481 e. The molecule has 0 atom stereocenters. The topological polar surface area (TPSA) is 158 Å². The summed E-state index contributed by atoms with van der Waals surface area (Å²) in [6, 6.07) is 15.7. The number of guanidine groups is 1. The largest absolute Gasteiger partial charge is 0.481 e. The van der Waals surface area contributed by atoms with Crippen LogP contribution in [0.4, 0.5) is 16.2 Å². The maximum Gasteiger partial charge on any atom is 0.404 e. The van der Waals surface area contributed by atoms with Gasteiger partial charge in [-0.15, -0.1) is 0 Å². The summed E-state index contributed by atoms with van der Waals surface area (Å²) in [4.78, 5) is 39.7. The second-order valence-electron chi connectivity index (χ2n) is 9.42. The summed E-state index contributed by atoms with van der Waals surface area (Å²) in [7, 11) is 0. The molecule has 2 aliphatic rings. The number of nitrogens with zero attached hydrogens (tertiary/aromatic N) is 2. The molecule has 0 aliphatic carbocycles. The minimum atomic E-state index is -0.895. The van der Waals surface area contributed by atoms with Crippen LogP contribution >= 0.6 is 0 Å². The van der Waals surface area contributed by atoms with Gasteiger partial charge in [0.15, 0.2) is 5.96 Å². The fraction of sp³-hybridized carbons (Fsp3) is 0.429. The van der Waals surface area contributed by atoms with Gasteiger partial charge in [0.2, 0.25) is 5.91 Å². The van der Waals surface area contributed by atoms with Gasteiger partial charge in [0.25, 0.3) is 0 Å². The van der Waals surface area contributed by atoms with E-state index in [9.17, 15) is 14.4 Å². The van der Waals surface area contributed by atoms with Crippen molar-refractivity contribution in [1.82, 2.24) is 10.6 Å². The van der Waals surface area contributed by atoms with Crippen LogP contribution in [0.1, 0.15) is 36.8 Å². The highest BCUT2D eigenvalue weighted by atomic mass is 16.5. The lowest BCUT2D eigenvalue weighted by Gasteiger charge is -2.33. The van der Waals surface area contributed by atoms with E-state index in [1.54, 1.807) is 0 Å². The molecule has 0 bridgehead atoms. The summed E-state index contributed by atoms with van der Waals surface area (Å²) in [5.41, 5.74) is 9.05. The fourth-order valence-corrected chi connectivity index (χ4v) is 4.25. The predicted molar refractivity (Wildman–Crippen MR) is 151 cm³/mol. The zero-order valence-electron chi connectivity index (χ0n) is 22.3. The second kappa shape index (κ2) is 15.2. The minimum absolute atomic E-state index is 0.0338.